The first-order valence-electron chi connectivity index (χ1n) is 6.96. The quantitative estimate of drug-likeness (QED) is 0.677. The number of carbonyl (C=O) groups is 1. The average molecular weight is 292 g/mol. The molecule has 2 rings (SSSR count). The van der Waals surface area contributed by atoms with Gasteiger partial charge in [-0.1, -0.05) is 30.3 Å². The minimum absolute atomic E-state index is 0.0683. The van der Waals surface area contributed by atoms with Gasteiger partial charge < -0.3 is 10.1 Å². The van der Waals surface area contributed by atoms with Crippen LogP contribution >= 0.6 is 0 Å². The van der Waals surface area contributed by atoms with Gasteiger partial charge in [0, 0.05) is 6.54 Å². The van der Waals surface area contributed by atoms with E-state index in [9.17, 15) is 4.79 Å². The van der Waals surface area contributed by atoms with Crippen LogP contribution in [0, 0.1) is 11.3 Å². The van der Waals surface area contributed by atoms with Gasteiger partial charge in [0.25, 0.3) is 5.91 Å². The Morgan fingerprint density at radius 3 is 2.59 bits per heavy atom. The third kappa shape index (κ3) is 4.22. The summed E-state index contributed by atoms with van der Waals surface area (Å²) < 4.78 is 5.73. The summed E-state index contributed by atoms with van der Waals surface area (Å²) >= 11 is 0. The highest BCUT2D eigenvalue weighted by molar-refractivity contribution is 6.01. The first-order chi connectivity index (χ1) is 10.7. The molecule has 1 N–H and O–H groups in total. The predicted molar refractivity (Wildman–Crippen MR) is 85.2 cm³/mol. The largest absolute Gasteiger partial charge is 0.457 e. The molecule has 0 aliphatic carbocycles. The third-order valence-electron chi connectivity index (χ3n) is 2.85. The maximum Gasteiger partial charge on any atom is 0.261 e. The molecule has 0 radical (unpaired) electrons. The fourth-order valence-electron chi connectivity index (χ4n) is 1.86. The van der Waals surface area contributed by atoms with Crippen molar-refractivity contribution < 1.29 is 9.53 Å². The Morgan fingerprint density at radius 1 is 1.18 bits per heavy atom. The van der Waals surface area contributed by atoms with Crippen LogP contribution in [0.5, 0.6) is 11.5 Å². The zero-order valence-corrected chi connectivity index (χ0v) is 12.2. The van der Waals surface area contributed by atoms with E-state index in [1.54, 1.807) is 19.1 Å². The summed E-state index contributed by atoms with van der Waals surface area (Å²) in [5.74, 6) is 1.00. The van der Waals surface area contributed by atoms with E-state index in [2.05, 4.69) is 5.32 Å². The fourth-order valence-corrected chi connectivity index (χ4v) is 1.86. The van der Waals surface area contributed by atoms with Crippen LogP contribution in [0.25, 0.3) is 6.08 Å². The maximum absolute atomic E-state index is 11.7. The molecule has 0 bridgehead atoms. The molecule has 2 aromatic rings. The molecule has 22 heavy (non-hydrogen) atoms. The Morgan fingerprint density at radius 2 is 1.91 bits per heavy atom. The lowest BCUT2D eigenvalue weighted by Crippen LogP contribution is -2.23. The lowest BCUT2D eigenvalue weighted by Gasteiger charge is -2.06. The van der Waals surface area contributed by atoms with Crippen molar-refractivity contribution in [2.75, 3.05) is 6.54 Å². The van der Waals surface area contributed by atoms with Crippen molar-refractivity contribution in [3.63, 3.8) is 0 Å². The van der Waals surface area contributed by atoms with Crippen LogP contribution in [0.1, 0.15) is 12.5 Å². The summed E-state index contributed by atoms with van der Waals surface area (Å²) in [5, 5.41) is 11.7. The Balaban J connectivity index is 2.21. The molecule has 4 heteroatoms. The zero-order chi connectivity index (χ0) is 15.8. The zero-order valence-electron chi connectivity index (χ0n) is 12.2. The first-order valence-corrected chi connectivity index (χ1v) is 6.96. The van der Waals surface area contributed by atoms with Gasteiger partial charge >= 0.3 is 0 Å². The Bertz CT molecular complexity index is 715. The molecule has 0 atom stereocenters. The van der Waals surface area contributed by atoms with Gasteiger partial charge in [0.2, 0.25) is 0 Å². The number of para-hydroxylation sites is 1. The summed E-state index contributed by atoms with van der Waals surface area (Å²) in [5.41, 5.74) is 0.801. The van der Waals surface area contributed by atoms with E-state index in [1.807, 2.05) is 54.6 Å². The highest BCUT2D eigenvalue weighted by Gasteiger charge is 2.07. The molecule has 0 aliphatic rings. The van der Waals surface area contributed by atoms with Crippen LogP contribution in [0.3, 0.4) is 0 Å². The molecule has 1 amide bonds. The normalized spacial score (nSPS) is 10.6. The molecule has 0 fully saturated rings. The first kappa shape index (κ1) is 15.3. The monoisotopic (exact) mass is 292 g/mol. The molecular weight excluding hydrogens is 276 g/mol. The van der Waals surface area contributed by atoms with Gasteiger partial charge in [0.1, 0.15) is 23.1 Å². The minimum atomic E-state index is -0.376. The molecule has 0 aromatic heterocycles. The Labute approximate surface area is 129 Å². The summed E-state index contributed by atoms with van der Waals surface area (Å²) in [7, 11) is 0. The number of likely N-dealkylation sites (N-methyl/N-ethyl adjacent to an activating group) is 1. The predicted octanol–water partition coefficient (Wildman–Crippen LogP) is 3.52. The Hall–Kier alpha value is -3.06. The van der Waals surface area contributed by atoms with Crippen molar-refractivity contribution in [2.24, 2.45) is 0 Å². The molecule has 0 unspecified atom stereocenters. The van der Waals surface area contributed by atoms with E-state index < -0.39 is 0 Å². The molecule has 0 spiro atoms. The average Bonchev–Trinajstić information content (AvgIpc) is 2.54. The lowest BCUT2D eigenvalue weighted by atomic mass is 10.1. The fraction of sp³-hybridized carbons (Fsp3) is 0.111. The van der Waals surface area contributed by atoms with Gasteiger partial charge in [-0.3, -0.25) is 4.79 Å². The van der Waals surface area contributed by atoms with Crippen molar-refractivity contribution in [2.45, 2.75) is 6.92 Å². The molecule has 0 heterocycles. The lowest BCUT2D eigenvalue weighted by molar-refractivity contribution is -0.116. The van der Waals surface area contributed by atoms with E-state index in [0.717, 1.165) is 11.3 Å². The summed E-state index contributed by atoms with van der Waals surface area (Å²) in [6, 6.07) is 18.6. The van der Waals surface area contributed by atoms with Gasteiger partial charge in [0.15, 0.2) is 0 Å². The van der Waals surface area contributed by atoms with E-state index >= 15 is 0 Å². The summed E-state index contributed by atoms with van der Waals surface area (Å²) in [6.45, 7) is 2.29. The summed E-state index contributed by atoms with van der Waals surface area (Å²) in [6.07, 6.45) is 1.54. The second kappa shape index (κ2) is 7.65. The molecule has 110 valence electrons. The molecule has 2 aromatic carbocycles. The van der Waals surface area contributed by atoms with E-state index in [-0.39, 0.29) is 11.5 Å². The standard InChI is InChI=1S/C18H16N2O2/c1-2-20-18(21)15(13-19)11-14-7-6-10-17(12-14)22-16-8-4-3-5-9-16/h3-12H,2H2,1H3,(H,20,21)/b15-11+. The van der Waals surface area contributed by atoms with Crippen molar-refractivity contribution in [1.29, 1.82) is 5.26 Å². The van der Waals surface area contributed by atoms with Gasteiger partial charge in [-0.2, -0.15) is 5.26 Å². The smallest absolute Gasteiger partial charge is 0.261 e. The highest BCUT2D eigenvalue weighted by atomic mass is 16.5. The number of hydrogen-bond donors (Lipinski definition) is 1. The number of benzene rings is 2. The second-order valence-corrected chi connectivity index (χ2v) is 4.52. The van der Waals surface area contributed by atoms with E-state index in [4.69, 9.17) is 10.00 Å². The van der Waals surface area contributed by atoms with Gasteiger partial charge in [0.05, 0.1) is 0 Å². The topological polar surface area (TPSA) is 62.1 Å². The van der Waals surface area contributed by atoms with Crippen LogP contribution in [-0.2, 0) is 4.79 Å². The number of hydrogen-bond acceptors (Lipinski definition) is 3. The molecular formula is C18H16N2O2. The molecule has 4 nitrogen and oxygen atoms in total. The van der Waals surface area contributed by atoms with Crippen molar-refractivity contribution in [3.8, 4) is 17.6 Å². The van der Waals surface area contributed by atoms with E-state index in [0.29, 0.717) is 12.3 Å². The number of nitriles is 1. The van der Waals surface area contributed by atoms with Crippen LogP contribution in [0.2, 0.25) is 0 Å². The number of nitrogens with one attached hydrogen (secondary N) is 1. The molecule has 0 aliphatic heterocycles. The van der Waals surface area contributed by atoms with Gasteiger partial charge in [-0.15, -0.1) is 0 Å². The van der Waals surface area contributed by atoms with Crippen molar-refractivity contribution in [1.82, 2.24) is 5.32 Å². The van der Waals surface area contributed by atoms with E-state index in [1.165, 1.54) is 0 Å². The molecule has 0 saturated carbocycles. The number of rotatable bonds is 5. The highest BCUT2D eigenvalue weighted by Crippen LogP contribution is 2.22. The number of nitrogens with zero attached hydrogens (tertiary/aromatic N) is 1. The van der Waals surface area contributed by atoms with Crippen molar-refractivity contribution >= 4 is 12.0 Å². The van der Waals surface area contributed by atoms with Crippen molar-refractivity contribution in [3.05, 3.63) is 65.7 Å². The van der Waals surface area contributed by atoms with Crippen LogP contribution in [0.4, 0.5) is 0 Å². The minimum Gasteiger partial charge on any atom is -0.457 e. The summed E-state index contributed by atoms with van der Waals surface area (Å²) in [4.78, 5) is 11.7. The SMILES string of the molecule is CCNC(=O)/C(C#N)=C/c1cccc(Oc2ccccc2)c1. The second-order valence-electron chi connectivity index (χ2n) is 4.52. The maximum atomic E-state index is 11.7. The number of ether oxygens (including phenoxy) is 1. The van der Waals surface area contributed by atoms with Crippen LogP contribution in [-0.4, -0.2) is 12.5 Å². The number of amides is 1. The number of carbonyl (C=O) groups excluding carboxylic acids is 1. The Kier molecular flexibility index (Phi) is 5.33. The van der Waals surface area contributed by atoms with Crippen LogP contribution in [0.15, 0.2) is 60.2 Å². The van der Waals surface area contributed by atoms with Crippen LogP contribution < -0.4 is 10.1 Å². The van der Waals surface area contributed by atoms with Gasteiger partial charge in [-0.25, -0.2) is 0 Å². The third-order valence-corrected chi connectivity index (χ3v) is 2.85. The molecule has 0 saturated heterocycles. The van der Waals surface area contributed by atoms with Gasteiger partial charge in [-0.05, 0) is 42.8 Å².